The van der Waals surface area contributed by atoms with Crippen molar-refractivity contribution >= 4 is 5.97 Å². The SMILES string of the molecule is CC1C2CC(C1C)C1(CCCC1(O)CC(=O)OC(C)(C)C)C2. The van der Waals surface area contributed by atoms with E-state index in [1.54, 1.807) is 0 Å². The Hall–Kier alpha value is -0.570. The van der Waals surface area contributed by atoms with E-state index in [-0.39, 0.29) is 17.8 Å². The Kier molecular flexibility index (Phi) is 3.67. The molecule has 0 aromatic heterocycles. The number of carbonyl (C=O) groups excluding carboxylic acids is 1. The van der Waals surface area contributed by atoms with Gasteiger partial charge in [-0.25, -0.2) is 0 Å². The predicted octanol–water partition coefficient (Wildman–Crippen LogP) is 3.93. The zero-order chi connectivity index (χ0) is 16.3. The first-order valence-electron chi connectivity index (χ1n) is 9.02. The molecule has 2 bridgehead atoms. The quantitative estimate of drug-likeness (QED) is 0.786. The van der Waals surface area contributed by atoms with Gasteiger partial charge in [-0.3, -0.25) is 4.79 Å². The maximum Gasteiger partial charge on any atom is 0.309 e. The largest absolute Gasteiger partial charge is 0.460 e. The summed E-state index contributed by atoms with van der Waals surface area (Å²) in [4.78, 5) is 12.3. The number of fused-ring (bicyclic) bond motifs is 3. The summed E-state index contributed by atoms with van der Waals surface area (Å²) in [5, 5.41) is 11.4. The van der Waals surface area contributed by atoms with E-state index in [0.717, 1.165) is 37.5 Å². The second-order valence-corrected chi connectivity index (χ2v) is 9.33. The van der Waals surface area contributed by atoms with E-state index in [4.69, 9.17) is 4.74 Å². The van der Waals surface area contributed by atoms with Crippen LogP contribution in [0.1, 0.15) is 73.1 Å². The van der Waals surface area contributed by atoms with Crippen molar-refractivity contribution in [3.63, 3.8) is 0 Å². The highest BCUT2D eigenvalue weighted by atomic mass is 16.6. The predicted molar refractivity (Wildman–Crippen MR) is 86.2 cm³/mol. The number of rotatable bonds is 2. The van der Waals surface area contributed by atoms with Crippen molar-refractivity contribution in [3.05, 3.63) is 0 Å². The molecule has 1 spiro atoms. The van der Waals surface area contributed by atoms with Gasteiger partial charge in [-0.1, -0.05) is 13.8 Å². The number of hydrogen-bond donors (Lipinski definition) is 1. The van der Waals surface area contributed by atoms with E-state index < -0.39 is 11.2 Å². The van der Waals surface area contributed by atoms with Crippen LogP contribution in [-0.4, -0.2) is 22.3 Å². The first kappa shape index (κ1) is 16.3. The van der Waals surface area contributed by atoms with Gasteiger partial charge in [0.1, 0.15) is 5.60 Å². The fraction of sp³-hybridized carbons (Fsp3) is 0.947. The molecule has 126 valence electrons. The molecular weight excluding hydrogens is 276 g/mol. The van der Waals surface area contributed by atoms with Crippen molar-refractivity contribution in [3.8, 4) is 0 Å². The van der Waals surface area contributed by atoms with Crippen molar-refractivity contribution in [2.45, 2.75) is 84.3 Å². The summed E-state index contributed by atoms with van der Waals surface area (Å²) in [6.45, 7) is 10.4. The molecule has 0 aromatic carbocycles. The fourth-order valence-corrected chi connectivity index (χ4v) is 6.05. The lowest BCUT2D eigenvalue weighted by atomic mass is 9.58. The van der Waals surface area contributed by atoms with Crippen LogP contribution in [-0.2, 0) is 9.53 Å². The topological polar surface area (TPSA) is 46.5 Å². The summed E-state index contributed by atoms with van der Waals surface area (Å²) < 4.78 is 5.50. The van der Waals surface area contributed by atoms with Crippen molar-refractivity contribution < 1.29 is 14.6 Å². The summed E-state index contributed by atoms with van der Waals surface area (Å²) in [6, 6.07) is 0. The molecule has 3 fully saturated rings. The van der Waals surface area contributed by atoms with E-state index in [9.17, 15) is 9.90 Å². The molecule has 0 aromatic rings. The van der Waals surface area contributed by atoms with Crippen LogP contribution < -0.4 is 0 Å². The molecule has 6 unspecified atom stereocenters. The maximum atomic E-state index is 12.3. The summed E-state index contributed by atoms with van der Waals surface area (Å²) in [5.74, 6) is 2.52. The molecule has 22 heavy (non-hydrogen) atoms. The van der Waals surface area contributed by atoms with E-state index >= 15 is 0 Å². The molecule has 3 saturated carbocycles. The van der Waals surface area contributed by atoms with Crippen LogP contribution in [0.5, 0.6) is 0 Å². The first-order chi connectivity index (χ1) is 10.1. The number of hydrogen-bond acceptors (Lipinski definition) is 3. The minimum Gasteiger partial charge on any atom is -0.460 e. The van der Waals surface area contributed by atoms with Crippen LogP contribution in [0.3, 0.4) is 0 Å². The normalized spacial score (nSPS) is 47.4. The molecule has 3 aliphatic rings. The molecule has 0 radical (unpaired) electrons. The van der Waals surface area contributed by atoms with Gasteiger partial charge < -0.3 is 9.84 Å². The lowest BCUT2D eigenvalue weighted by Gasteiger charge is -2.49. The van der Waals surface area contributed by atoms with Gasteiger partial charge in [0, 0.05) is 5.41 Å². The summed E-state index contributed by atoms with van der Waals surface area (Å²) in [5.41, 5.74) is -1.35. The zero-order valence-corrected chi connectivity index (χ0v) is 14.8. The van der Waals surface area contributed by atoms with Gasteiger partial charge in [0.2, 0.25) is 0 Å². The standard InChI is InChI=1S/C19H32O3/c1-12-13(2)15-9-14(12)10-18(15)7-6-8-19(18,21)11-16(20)22-17(3,4)5/h12-15,21H,6-11H2,1-5H3. The molecule has 0 amide bonds. The van der Waals surface area contributed by atoms with Crippen molar-refractivity contribution in [2.75, 3.05) is 0 Å². The van der Waals surface area contributed by atoms with Gasteiger partial charge in [0.15, 0.2) is 0 Å². The Labute approximate surface area is 134 Å². The fourth-order valence-electron chi connectivity index (χ4n) is 6.05. The lowest BCUT2D eigenvalue weighted by molar-refractivity contribution is -0.170. The van der Waals surface area contributed by atoms with Gasteiger partial charge >= 0.3 is 5.97 Å². The van der Waals surface area contributed by atoms with Gasteiger partial charge in [0.25, 0.3) is 0 Å². The Morgan fingerprint density at radius 1 is 1.23 bits per heavy atom. The Bertz CT molecular complexity index is 464. The van der Waals surface area contributed by atoms with Crippen LogP contribution in [0.15, 0.2) is 0 Å². The second kappa shape index (κ2) is 4.96. The molecule has 3 aliphatic carbocycles. The second-order valence-electron chi connectivity index (χ2n) is 9.33. The number of ether oxygens (including phenoxy) is 1. The Morgan fingerprint density at radius 3 is 2.45 bits per heavy atom. The minimum absolute atomic E-state index is 0.0273. The smallest absolute Gasteiger partial charge is 0.309 e. The number of carbonyl (C=O) groups is 1. The molecule has 0 saturated heterocycles. The van der Waals surface area contributed by atoms with Crippen LogP contribution in [0, 0.1) is 29.1 Å². The zero-order valence-electron chi connectivity index (χ0n) is 14.8. The van der Waals surface area contributed by atoms with E-state index in [1.165, 1.54) is 6.42 Å². The van der Waals surface area contributed by atoms with E-state index in [0.29, 0.717) is 11.8 Å². The number of esters is 1. The maximum absolute atomic E-state index is 12.3. The average Bonchev–Trinajstić information content (AvgIpc) is 2.96. The van der Waals surface area contributed by atoms with Crippen LogP contribution in [0.2, 0.25) is 0 Å². The molecule has 3 rings (SSSR count). The summed E-state index contributed by atoms with van der Waals surface area (Å²) in [7, 11) is 0. The monoisotopic (exact) mass is 308 g/mol. The third-order valence-corrected chi connectivity index (χ3v) is 7.10. The summed E-state index contributed by atoms with van der Waals surface area (Å²) in [6.07, 6.45) is 5.43. The van der Waals surface area contributed by atoms with Gasteiger partial charge in [-0.15, -0.1) is 0 Å². The highest BCUT2D eigenvalue weighted by Crippen LogP contribution is 2.70. The van der Waals surface area contributed by atoms with E-state index in [1.807, 2.05) is 20.8 Å². The third-order valence-electron chi connectivity index (χ3n) is 7.10. The molecule has 0 aliphatic heterocycles. The Balaban J connectivity index is 1.80. The molecule has 1 N–H and O–H groups in total. The molecular formula is C19H32O3. The van der Waals surface area contributed by atoms with Crippen molar-refractivity contribution in [2.24, 2.45) is 29.1 Å². The number of aliphatic hydroxyl groups is 1. The van der Waals surface area contributed by atoms with E-state index in [2.05, 4.69) is 13.8 Å². The van der Waals surface area contributed by atoms with Crippen LogP contribution in [0.25, 0.3) is 0 Å². The van der Waals surface area contributed by atoms with Crippen LogP contribution in [0.4, 0.5) is 0 Å². The molecule has 3 heteroatoms. The molecule has 3 nitrogen and oxygen atoms in total. The van der Waals surface area contributed by atoms with Gasteiger partial charge in [-0.2, -0.15) is 0 Å². The highest BCUT2D eigenvalue weighted by Gasteiger charge is 2.67. The lowest BCUT2D eigenvalue weighted by Crippen LogP contribution is -2.51. The Morgan fingerprint density at radius 2 is 1.91 bits per heavy atom. The summed E-state index contributed by atoms with van der Waals surface area (Å²) >= 11 is 0. The van der Waals surface area contributed by atoms with Crippen molar-refractivity contribution in [1.29, 1.82) is 0 Å². The first-order valence-corrected chi connectivity index (χ1v) is 9.02. The highest BCUT2D eigenvalue weighted by molar-refractivity contribution is 5.71. The minimum atomic E-state index is -0.844. The molecule has 0 heterocycles. The molecule has 6 atom stereocenters. The van der Waals surface area contributed by atoms with Crippen molar-refractivity contribution in [1.82, 2.24) is 0 Å². The third kappa shape index (κ3) is 2.31. The van der Waals surface area contributed by atoms with Gasteiger partial charge in [-0.05, 0) is 76.5 Å². The average molecular weight is 308 g/mol. The van der Waals surface area contributed by atoms with Crippen LogP contribution >= 0.6 is 0 Å². The van der Waals surface area contributed by atoms with Gasteiger partial charge in [0.05, 0.1) is 12.0 Å².